The van der Waals surface area contributed by atoms with Gasteiger partial charge < -0.3 is 4.74 Å². The largest absolute Gasteiger partial charge is 0.381 e. The van der Waals surface area contributed by atoms with E-state index < -0.39 is 0 Å². The Hall–Kier alpha value is -0.920. The molecule has 0 aromatic heterocycles. The minimum atomic E-state index is 0.960. The molecule has 0 radical (unpaired) electrons. The number of ether oxygens (including phenoxy) is 1. The third-order valence-corrected chi connectivity index (χ3v) is 7.24. The Morgan fingerprint density at radius 2 is 0.541 bits per heavy atom. The van der Waals surface area contributed by atoms with Crippen LogP contribution >= 0.6 is 0 Å². The van der Waals surface area contributed by atoms with Gasteiger partial charge in [0.1, 0.15) is 0 Å². The predicted molar refractivity (Wildman–Crippen MR) is 167 cm³/mol. The summed E-state index contributed by atoms with van der Waals surface area (Å²) < 4.78 is 5.84. The van der Waals surface area contributed by atoms with Crippen molar-refractivity contribution in [2.45, 2.75) is 194 Å². The van der Waals surface area contributed by atoms with Crippen molar-refractivity contribution in [3.8, 4) is 23.7 Å². The van der Waals surface area contributed by atoms with Crippen molar-refractivity contribution in [2.75, 3.05) is 13.2 Å². The quantitative estimate of drug-likeness (QED) is 0.0745. The second-order valence-electron chi connectivity index (χ2n) is 11.1. The molecule has 0 atom stereocenters. The minimum absolute atomic E-state index is 0.960. The van der Waals surface area contributed by atoms with E-state index >= 15 is 0 Å². The molecule has 0 amide bonds. The van der Waals surface area contributed by atoms with Crippen LogP contribution in [0.4, 0.5) is 0 Å². The zero-order chi connectivity index (χ0) is 26.7. The van der Waals surface area contributed by atoms with Gasteiger partial charge in [0.2, 0.25) is 0 Å². The lowest BCUT2D eigenvalue weighted by Gasteiger charge is -2.04. The molecule has 0 aliphatic rings. The summed E-state index contributed by atoms with van der Waals surface area (Å²) in [6, 6.07) is 0. The van der Waals surface area contributed by atoms with Crippen LogP contribution in [-0.2, 0) is 4.74 Å². The van der Waals surface area contributed by atoms with Crippen molar-refractivity contribution in [3.63, 3.8) is 0 Å². The molecule has 1 heteroatoms. The summed E-state index contributed by atoms with van der Waals surface area (Å²) >= 11 is 0. The molecule has 0 saturated heterocycles. The van der Waals surface area contributed by atoms with E-state index in [-0.39, 0.29) is 0 Å². The van der Waals surface area contributed by atoms with Crippen LogP contribution < -0.4 is 0 Å². The van der Waals surface area contributed by atoms with E-state index in [0.717, 1.165) is 38.9 Å². The van der Waals surface area contributed by atoms with Gasteiger partial charge in [-0.15, -0.1) is 23.7 Å². The Morgan fingerprint density at radius 1 is 0.297 bits per heavy atom. The topological polar surface area (TPSA) is 9.23 Å². The zero-order valence-electron chi connectivity index (χ0n) is 25.6. The van der Waals surface area contributed by atoms with Crippen molar-refractivity contribution >= 4 is 0 Å². The first-order valence-corrected chi connectivity index (χ1v) is 16.9. The second-order valence-corrected chi connectivity index (χ2v) is 11.1. The Kier molecular flexibility index (Phi) is 34.2. The first-order chi connectivity index (χ1) is 18.4. The van der Waals surface area contributed by atoms with Crippen LogP contribution in [0.1, 0.15) is 194 Å². The second kappa shape index (κ2) is 35.1. The molecule has 0 unspecified atom stereocenters. The summed E-state index contributed by atoms with van der Waals surface area (Å²) in [6.45, 7) is 6.48. The van der Waals surface area contributed by atoms with Crippen LogP contribution in [0.25, 0.3) is 0 Å². The average molecular weight is 515 g/mol. The fourth-order valence-corrected chi connectivity index (χ4v) is 4.69. The third-order valence-electron chi connectivity index (χ3n) is 7.24. The molecule has 0 N–H and O–H groups in total. The van der Waals surface area contributed by atoms with Gasteiger partial charge in [0, 0.05) is 38.9 Å². The molecule has 0 aromatic carbocycles. The summed E-state index contributed by atoms with van der Waals surface area (Å²) in [5.41, 5.74) is 0. The molecule has 37 heavy (non-hydrogen) atoms. The number of hydrogen-bond acceptors (Lipinski definition) is 1. The number of rotatable bonds is 28. The maximum absolute atomic E-state index is 5.84. The number of unbranched alkanes of at least 4 members (excludes halogenated alkanes) is 24. The van der Waals surface area contributed by atoms with E-state index in [2.05, 4.69) is 37.5 Å². The Labute approximate surface area is 235 Å². The molecule has 0 fully saturated rings. The highest BCUT2D eigenvalue weighted by molar-refractivity contribution is 4.98. The van der Waals surface area contributed by atoms with E-state index in [0.29, 0.717) is 0 Å². The summed E-state index contributed by atoms with van der Waals surface area (Å²) in [6.07, 6.45) is 36.7. The highest BCUT2D eigenvalue weighted by atomic mass is 16.5. The van der Waals surface area contributed by atoms with Crippen molar-refractivity contribution in [1.29, 1.82) is 0 Å². The summed E-state index contributed by atoms with van der Waals surface area (Å²) in [5.74, 6) is 13.5. The molecule has 0 bridgehead atoms. The molecule has 0 aromatic rings. The summed E-state index contributed by atoms with van der Waals surface area (Å²) in [5, 5.41) is 0. The smallest absolute Gasteiger partial charge is 0.0466 e. The van der Waals surface area contributed by atoms with Gasteiger partial charge in [-0.25, -0.2) is 0 Å². The van der Waals surface area contributed by atoms with Crippen LogP contribution in [0.15, 0.2) is 0 Å². The predicted octanol–water partition coefficient (Wildman–Crippen LogP) is 12.0. The average Bonchev–Trinajstić information content (AvgIpc) is 2.91. The molecule has 0 spiro atoms. The van der Waals surface area contributed by atoms with Gasteiger partial charge in [-0.05, 0) is 38.5 Å². The Balaban J connectivity index is 3.12. The standard InChI is InChI=1S/C36H66O/c1-3-5-7-9-11-13-15-17-19-21-23-25-27-29-31-33-35-37-36-34-32-30-28-26-24-22-20-18-16-14-12-10-8-6-4-2/h3-16,21-36H2,1-2H3. The molecule has 0 heterocycles. The lowest BCUT2D eigenvalue weighted by atomic mass is 10.1. The maximum atomic E-state index is 5.84. The number of hydrogen-bond donors (Lipinski definition) is 0. The molecular weight excluding hydrogens is 448 g/mol. The lowest BCUT2D eigenvalue weighted by molar-refractivity contribution is 0.125. The molecule has 0 rings (SSSR count). The normalized spacial score (nSPS) is 10.6. The van der Waals surface area contributed by atoms with E-state index in [4.69, 9.17) is 4.74 Å². The van der Waals surface area contributed by atoms with Crippen LogP contribution in [0, 0.1) is 23.7 Å². The highest BCUT2D eigenvalue weighted by Crippen LogP contribution is 2.10. The van der Waals surface area contributed by atoms with Gasteiger partial charge in [0.15, 0.2) is 0 Å². The van der Waals surface area contributed by atoms with E-state index in [1.807, 2.05) is 0 Å². The SMILES string of the molecule is CCCCCCCCC#CCCCCCCCCOCCCCCCCCC#CCCCCCCCC. The van der Waals surface area contributed by atoms with Gasteiger partial charge in [-0.2, -0.15) is 0 Å². The molecule has 0 saturated carbocycles. The molecule has 0 aliphatic heterocycles. The Bertz CT molecular complexity index is 480. The third kappa shape index (κ3) is 35.1. The fraction of sp³-hybridized carbons (Fsp3) is 0.889. The summed E-state index contributed by atoms with van der Waals surface area (Å²) in [7, 11) is 0. The first kappa shape index (κ1) is 36.1. The minimum Gasteiger partial charge on any atom is -0.381 e. The molecule has 1 nitrogen and oxygen atoms in total. The van der Waals surface area contributed by atoms with Crippen molar-refractivity contribution in [2.24, 2.45) is 0 Å². The van der Waals surface area contributed by atoms with Crippen molar-refractivity contribution in [1.82, 2.24) is 0 Å². The zero-order valence-corrected chi connectivity index (χ0v) is 25.6. The van der Waals surface area contributed by atoms with Gasteiger partial charge >= 0.3 is 0 Å². The highest BCUT2D eigenvalue weighted by Gasteiger charge is 1.95. The van der Waals surface area contributed by atoms with E-state index in [9.17, 15) is 0 Å². The van der Waals surface area contributed by atoms with Crippen LogP contribution in [0.5, 0.6) is 0 Å². The molecule has 216 valence electrons. The van der Waals surface area contributed by atoms with Crippen LogP contribution in [0.3, 0.4) is 0 Å². The van der Waals surface area contributed by atoms with Gasteiger partial charge in [-0.1, -0.05) is 129 Å². The van der Waals surface area contributed by atoms with E-state index in [1.165, 1.54) is 154 Å². The molecular formula is C36H66O. The summed E-state index contributed by atoms with van der Waals surface area (Å²) in [4.78, 5) is 0. The van der Waals surface area contributed by atoms with Crippen LogP contribution in [-0.4, -0.2) is 13.2 Å². The van der Waals surface area contributed by atoms with Gasteiger partial charge in [0.25, 0.3) is 0 Å². The maximum Gasteiger partial charge on any atom is 0.0466 e. The van der Waals surface area contributed by atoms with Crippen molar-refractivity contribution < 1.29 is 4.74 Å². The molecule has 0 aliphatic carbocycles. The first-order valence-electron chi connectivity index (χ1n) is 16.9. The van der Waals surface area contributed by atoms with Gasteiger partial charge in [0.05, 0.1) is 0 Å². The Morgan fingerprint density at radius 3 is 0.838 bits per heavy atom. The monoisotopic (exact) mass is 515 g/mol. The van der Waals surface area contributed by atoms with Gasteiger partial charge in [-0.3, -0.25) is 0 Å². The lowest BCUT2D eigenvalue weighted by Crippen LogP contribution is -1.97. The van der Waals surface area contributed by atoms with Crippen molar-refractivity contribution in [3.05, 3.63) is 0 Å². The van der Waals surface area contributed by atoms with Crippen LogP contribution in [0.2, 0.25) is 0 Å². The fourth-order valence-electron chi connectivity index (χ4n) is 4.69. The van der Waals surface area contributed by atoms with E-state index in [1.54, 1.807) is 0 Å².